The van der Waals surface area contributed by atoms with Gasteiger partial charge in [-0.25, -0.2) is 4.39 Å². The Morgan fingerprint density at radius 3 is 2.45 bits per heavy atom. The van der Waals surface area contributed by atoms with Crippen LogP contribution in [0, 0.1) is 0 Å². The summed E-state index contributed by atoms with van der Waals surface area (Å²) in [6.45, 7) is 1.44. The quantitative estimate of drug-likeness (QED) is 0.156. The Balaban J connectivity index is 1.51. The fourth-order valence-electron chi connectivity index (χ4n) is 4.61. The average Bonchev–Trinajstić information content (AvgIpc) is 3.23. The molecule has 7 heteroatoms. The lowest BCUT2D eigenvalue weighted by Crippen LogP contribution is -2.26. The van der Waals surface area contributed by atoms with E-state index in [-0.39, 0.29) is 23.1 Å². The molecule has 0 unspecified atom stereocenters. The zero-order valence-corrected chi connectivity index (χ0v) is 20.8. The van der Waals surface area contributed by atoms with Gasteiger partial charge in [-0.15, -0.1) is 0 Å². The Morgan fingerprint density at radius 2 is 1.71 bits per heavy atom. The molecular formula is C31H26FN3O3. The number of carbonyl (C=O) groups is 2. The number of fused-ring (bicyclic) bond motifs is 1. The molecule has 0 aromatic heterocycles. The van der Waals surface area contributed by atoms with E-state index in [0.717, 1.165) is 19.1 Å². The van der Waals surface area contributed by atoms with Gasteiger partial charge in [0.2, 0.25) is 0 Å². The largest absolute Gasteiger partial charge is 0.505 e. The van der Waals surface area contributed by atoms with Gasteiger partial charge in [0.05, 0.1) is 11.4 Å². The number of aromatic hydroxyl groups is 1. The molecule has 0 bridgehead atoms. The van der Waals surface area contributed by atoms with Crippen LogP contribution in [0.1, 0.15) is 40.4 Å². The molecule has 1 aliphatic heterocycles. The van der Waals surface area contributed by atoms with E-state index in [2.05, 4.69) is 17.5 Å². The van der Waals surface area contributed by atoms with E-state index in [0.29, 0.717) is 39.2 Å². The van der Waals surface area contributed by atoms with Crippen LogP contribution in [0.25, 0.3) is 11.1 Å². The molecule has 190 valence electrons. The second kappa shape index (κ2) is 10.7. The minimum absolute atomic E-state index is 0.0774. The van der Waals surface area contributed by atoms with E-state index in [4.69, 9.17) is 0 Å². The van der Waals surface area contributed by atoms with Gasteiger partial charge >= 0.3 is 0 Å². The molecule has 1 amide bonds. The number of benzene rings is 4. The number of hydrazone groups is 1. The Kier molecular flexibility index (Phi) is 7.00. The molecule has 0 aliphatic carbocycles. The third kappa shape index (κ3) is 4.66. The number of nitrogens with one attached hydrogen (secondary N) is 1. The van der Waals surface area contributed by atoms with Crippen molar-refractivity contribution in [1.29, 1.82) is 0 Å². The molecule has 0 spiro atoms. The van der Waals surface area contributed by atoms with Gasteiger partial charge < -0.3 is 5.11 Å². The molecule has 38 heavy (non-hydrogen) atoms. The number of hydrogen-bond acceptors (Lipinski definition) is 5. The number of carbonyl (C=O) groups excluding carboxylic acids is 2. The number of halogens is 1. The minimum Gasteiger partial charge on any atom is -0.505 e. The lowest BCUT2D eigenvalue weighted by atomic mass is 10.0. The first kappa shape index (κ1) is 24.9. The number of anilines is 3. The second-order valence-electron chi connectivity index (χ2n) is 9.06. The Labute approximate surface area is 220 Å². The summed E-state index contributed by atoms with van der Waals surface area (Å²) in [5.41, 5.74) is 8.30. The van der Waals surface area contributed by atoms with Crippen LogP contribution < -0.4 is 10.3 Å². The topological polar surface area (TPSA) is 82.0 Å². The summed E-state index contributed by atoms with van der Waals surface area (Å²) < 4.78 is 13.5. The van der Waals surface area contributed by atoms with Gasteiger partial charge in [-0.05, 0) is 59.5 Å². The number of hydrogen-bond donors (Lipinski definition) is 2. The molecule has 6 nitrogen and oxygen atoms in total. The molecule has 4 aromatic rings. The van der Waals surface area contributed by atoms with Crippen LogP contribution in [0.4, 0.5) is 21.5 Å². The molecule has 1 aliphatic rings. The van der Waals surface area contributed by atoms with Gasteiger partial charge in [-0.1, -0.05) is 61.9 Å². The maximum atomic E-state index is 13.6. The van der Waals surface area contributed by atoms with Gasteiger partial charge in [-0.3, -0.25) is 19.9 Å². The van der Waals surface area contributed by atoms with Gasteiger partial charge in [-0.2, -0.15) is 5.10 Å². The Morgan fingerprint density at radius 1 is 0.947 bits per heavy atom. The van der Waals surface area contributed by atoms with Crippen LogP contribution in [-0.2, 0) is 17.9 Å². The fraction of sp³-hybridized carbons (Fsp3) is 0.129. The standard InChI is InChI=1S/C31H26FN3O3/c1-2-5-20-10-13-24(14-11-20)35-28-15-12-21(18-32)17-26(28)29(31(35)38)34-33-27-9-4-8-25(30(27)37)23-7-3-6-22(16-23)19-36/h3-4,6-17,19,33,37H,2,5,18H2,1H3/b34-29-. The number of aldehydes is 1. The summed E-state index contributed by atoms with van der Waals surface area (Å²) in [6.07, 6.45) is 2.71. The highest BCUT2D eigenvalue weighted by Crippen LogP contribution is 2.38. The predicted molar refractivity (Wildman–Crippen MR) is 148 cm³/mol. The maximum Gasteiger partial charge on any atom is 0.283 e. The van der Waals surface area contributed by atoms with Crippen LogP contribution >= 0.6 is 0 Å². The molecule has 0 radical (unpaired) electrons. The van der Waals surface area contributed by atoms with E-state index >= 15 is 0 Å². The molecule has 2 N–H and O–H groups in total. The summed E-state index contributed by atoms with van der Waals surface area (Å²) in [5, 5.41) is 15.3. The first-order chi connectivity index (χ1) is 18.5. The molecule has 4 aromatic carbocycles. The first-order valence-electron chi connectivity index (χ1n) is 12.4. The zero-order chi connectivity index (χ0) is 26.6. The van der Waals surface area contributed by atoms with Gasteiger partial charge in [0.25, 0.3) is 5.91 Å². The van der Waals surface area contributed by atoms with Gasteiger partial charge in [0, 0.05) is 22.4 Å². The lowest BCUT2D eigenvalue weighted by Gasteiger charge is -2.17. The number of phenolic OH excluding ortho intramolecular Hbond substituents is 1. The smallest absolute Gasteiger partial charge is 0.283 e. The van der Waals surface area contributed by atoms with Crippen molar-refractivity contribution in [2.24, 2.45) is 5.10 Å². The maximum absolute atomic E-state index is 13.6. The Bertz CT molecular complexity index is 1550. The molecule has 0 atom stereocenters. The van der Waals surface area contributed by atoms with Crippen molar-refractivity contribution < 1.29 is 19.1 Å². The third-order valence-corrected chi connectivity index (χ3v) is 6.51. The van der Waals surface area contributed by atoms with E-state index in [9.17, 15) is 19.1 Å². The van der Waals surface area contributed by atoms with E-state index in [1.54, 1.807) is 65.6 Å². The number of nitrogens with zero attached hydrogens (tertiary/aromatic N) is 2. The summed E-state index contributed by atoms with van der Waals surface area (Å²) >= 11 is 0. The highest BCUT2D eigenvalue weighted by atomic mass is 19.1. The van der Waals surface area contributed by atoms with Crippen LogP contribution in [0.5, 0.6) is 5.75 Å². The normalized spacial score (nSPS) is 13.6. The van der Waals surface area contributed by atoms with Crippen LogP contribution in [0.15, 0.2) is 90.0 Å². The summed E-state index contributed by atoms with van der Waals surface area (Å²) in [7, 11) is 0. The highest BCUT2D eigenvalue weighted by molar-refractivity contribution is 6.55. The van der Waals surface area contributed by atoms with Gasteiger partial charge in [0.15, 0.2) is 5.71 Å². The highest BCUT2D eigenvalue weighted by Gasteiger charge is 2.35. The fourth-order valence-corrected chi connectivity index (χ4v) is 4.61. The number of alkyl halides is 1. The molecule has 5 rings (SSSR count). The summed E-state index contributed by atoms with van der Waals surface area (Å²) in [4.78, 5) is 26.4. The number of rotatable bonds is 8. The number of amides is 1. The van der Waals surface area contributed by atoms with Crippen molar-refractivity contribution in [3.63, 3.8) is 0 Å². The predicted octanol–water partition coefficient (Wildman–Crippen LogP) is 6.79. The van der Waals surface area contributed by atoms with Crippen LogP contribution in [0.2, 0.25) is 0 Å². The average molecular weight is 508 g/mol. The van der Waals surface area contributed by atoms with Crippen molar-refractivity contribution in [1.82, 2.24) is 0 Å². The number of aryl methyl sites for hydroxylation is 1. The van der Waals surface area contributed by atoms with E-state index < -0.39 is 6.67 Å². The van der Waals surface area contributed by atoms with Crippen LogP contribution in [-0.4, -0.2) is 23.0 Å². The van der Waals surface area contributed by atoms with E-state index in [1.165, 1.54) is 5.56 Å². The summed E-state index contributed by atoms with van der Waals surface area (Å²) in [5.74, 6) is -0.437. The van der Waals surface area contributed by atoms with Crippen molar-refractivity contribution >= 4 is 35.0 Å². The third-order valence-electron chi connectivity index (χ3n) is 6.51. The Hall–Kier alpha value is -4.78. The summed E-state index contributed by atoms with van der Waals surface area (Å²) in [6, 6.07) is 24.8. The SMILES string of the molecule is CCCc1ccc(N2C(=O)/C(=N\Nc3cccc(-c4cccc(C=O)c4)c3O)c3cc(CF)ccc32)cc1. The molecule has 1 heterocycles. The first-order valence-corrected chi connectivity index (χ1v) is 12.4. The van der Waals surface area contributed by atoms with Crippen LogP contribution in [0.3, 0.4) is 0 Å². The zero-order valence-electron chi connectivity index (χ0n) is 20.8. The van der Waals surface area contributed by atoms with Crippen molar-refractivity contribution in [3.05, 3.63) is 107 Å². The number of para-hydroxylation sites is 1. The van der Waals surface area contributed by atoms with Crippen molar-refractivity contribution in [2.45, 2.75) is 26.4 Å². The monoisotopic (exact) mass is 507 g/mol. The molecule has 0 saturated carbocycles. The van der Waals surface area contributed by atoms with E-state index in [1.807, 2.05) is 24.3 Å². The lowest BCUT2D eigenvalue weighted by molar-refractivity contribution is -0.111. The van der Waals surface area contributed by atoms with Gasteiger partial charge in [0.1, 0.15) is 18.7 Å². The molecular weight excluding hydrogens is 481 g/mol. The van der Waals surface area contributed by atoms with Crippen molar-refractivity contribution in [3.8, 4) is 16.9 Å². The number of phenols is 1. The molecule has 0 fully saturated rings. The molecule has 0 saturated heterocycles. The van der Waals surface area contributed by atoms with Crippen molar-refractivity contribution in [2.75, 3.05) is 10.3 Å². The minimum atomic E-state index is -0.670. The second-order valence-corrected chi connectivity index (χ2v) is 9.06.